The minimum Gasteiger partial charge on any atom is -0.454 e. The van der Waals surface area contributed by atoms with E-state index < -0.39 is 4.92 Å². The quantitative estimate of drug-likeness (QED) is 0.507. The van der Waals surface area contributed by atoms with E-state index in [-0.39, 0.29) is 12.5 Å². The molecule has 3 aromatic rings. The Balaban J connectivity index is 1.57. The molecule has 0 atom stereocenters. The Bertz CT molecular complexity index is 1110. The van der Waals surface area contributed by atoms with Gasteiger partial charge in [0.25, 0.3) is 5.69 Å². The molecule has 5 rings (SSSR count). The number of rotatable bonds is 3. The number of thioether (sulfide) groups is 1. The SMILES string of the molecule is O=[N+]([O-])c1cccc(C2=Nn3c(nnc3-c3ccc4c(c3)OCO4)SC2)c1. The minimum atomic E-state index is -0.414. The van der Waals surface area contributed by atoms with E-state index in [1.807, 2.05) is 24.3 Å². The summed E-state index contributed by atoms with van der Waals surface area (Å²) in [6.07, 6.45) is 0. The van der Waals surface area contributed by atoms with Crippen LogP contribution in [-0.4, -0.2) is 38.1 Å². The summed E-state index contributed by atoms with van der Waals surface area (Å²) in [4.78, 5) is 10.6. The molecule has 0 radical (unpaired) electrons. The Kier molecular flexibility index (Phi) is 3.57. The lowest BCUT2D eigenvalue weighted by molar-refractivity contribution is -0.384. The van der Waals surface area contributed by atoms with Crippen LogP contribution in [0, 0.1) is 10.1 Å². The van der Waals surface area contributed by atoms with Gasteiger partial charge >= 0.3 is 0 Å². The number of hydrogen-bond donors (Lipinski definition) is 0. The number of fused-ring (bicyclic) bond motifs is 2. The van der Waals surface area contributed by atoms with Gasteiger partial charge in [-0.25, -0.2) is 0 Å². The molecule has 0 saturated heterocycles. The van der Waals surface area contributed by atoms with E-state index in [0.717, 1.165) is 11.3 Å². The number of hydrogen-bond acceptors (Lipinski definition) is 8. The fraction of sp³-hybridized carbons (Fsp3) is 0.118. The van der Waals surface area contributed by atoms with Crippen molar-refractivity contribution < 1.29 is 14.4 Å². The van der Waals surface area contributed by atoms with E-state index in [4.69, 9.17) is 9.47 Å². The van der Waals surface area contributed by atoms with Crippen molar-refractivity contribution in [2.24, 2.45) is 5.10 Å². The number of ether oxygens (including phenoxy) is 2. The minimum absolute atomic E-state index is 0.0331. The maximum Gasteiger partial charge on any atom is 0.270 e. The number of nitro groups is 1. The predicted octanol–water partition coefficient (Wildman–Crippen LogP) is 2.94. The molecule has 3 heterocycles. The lowest BCUT2D eigenvalue weighted by atomic mass is 10.1. The zero-order valence-corrected chi connectivity index (χ0v) is 14.5. The zero-order chi connectivity index (χ0) is 18.4. The normalized spacial score (nSPS) is 14.6. The zero-order valence-electron chi connectivity index (χ0n) is 13.7. The highest BCUT2D eigenvalue weighted by atomic mass is 32.2. The Morgan fingerprint density at radius 3 is 2.85 bits per heavy atom. The number of aromatic nitrogens is 3. The molecule has 9 nitrogen and oxygen atoms in total. The predicted molar refractivity (Wildman–Crippen MR) is 97.3 cm³/mol. The van der Waals surface area contributed by atoms with Crippen molar-refractivity contribution in [3.05, 3.63) is 58.1 Å². The van der Waals surface area contributed by atoms with E-state index in [1.54, 1.807) is 10.7 Å². The summed E-state index contributed by atoms with van der Waals surface area (Å²) in [6.45, 7) is 0.196. The van der Waals surface area contributed by atoms with Crippen LogP contribution in [0.3, 0.4) is 0 Å². The highest BCUT2D eigenvalue weighted by molar-refractivity contribution is 7.99. The second-order valence-electron chi connectivity index (χ2n) is 5.83. The van der Waals surface area contributed by atoms with Crippen LogP contribution in [0.1, 0.15) is 5.56 Å². The third-order valence-electron chi connectivity index (χ3n) is 4.19. The van der Waals surface area contributed by atoms with Crippen LogP contribution in [0.25, 0.3) is 11.4 Å². The fourth-order valence-electron chi connectivity index (χ4n) is 2.88. The first-order valence-corrected chi connectivity index (χ1v) is 8.98. The van der Waals surface area contributed by atoms with Crippen molar-refractivity contribution in [2.75, 3.05) is 12.5 Å². The van der Waals surface area contributed by atoms with Crippen molar-refractivity contribution in [1.29, 1.82) is 0 Å². The maximum atomic E-state index is 11.0. The number of nitro benzene ring substituents is 1. The average molecular weight is 381 g/mol. The second-order valence-corrected chi connectivity index (χ2v) is 6.77. The molecule has 2 aliphatic rings. The Hall–Kier alpha value is -3.40. The van der Waals surface area contributed by atoms with Crippen LogP contribution >= 0.6 is 11.8 Å². The highest BCUT2D eigenvalue weighted by Crippen LogP contribution is 2.36. The summed E-state index contributed by atoms with van der Waals surface area (Å²) >= 11 is 1.48. The lowest BCUT2D eigenvalue weighted by Crippen LogP contribution is -2.14. The molecule has 2 aromatic carbocycles. The standard InChI is InChI=1S/C17H11N5O4S/c23-22(24)12-3-1-2-10(6-12)13-8-27-17-19-18-16(21(17)20-13)11-4-5-14-15(7-11)26-9-25-14/h1-7H,8-9H2. The van der Waals surface area contributed by atoms with Crippen molar-refractivity contribution in [1.82, 2.24) is 14.9 Å². The molecule has 0 spiro atoms. The monoisotopic (exact) mass is 381 g/mol. The molecule has 0 amide bonds. The number of non-ortho nitro benzene ring substituents is 1. The Morgan fingerprint density at radius 1 is 1.07 bits per heavy atom. The Morgan fingerprint density at radius 2 is 1.96 bits per heavy atom. The Labute approximate surface area is 156 Å². The average Bonchev–Trinajstić information content (AvgIpc) is 3.33. The van der Waals surface area contributed by atoms with E-state index >= 15 is 0 Å². The molecule has 0 N–H and O–H groups in total. The van der Waals surface area contributed by atoms with Crippen molar-refractivity contribution in [3.63, 3.8) is 0 Å². The summed E-state index contributed by atoms with van der Waals surface area (Å²) < 4.78 is 12.4. The maximum absolute atomic E-state index is 11.0. The van der Waals surface area contributed by atoms with Gasteiger partial charge in [-0.15, -0.1) is 10.2 Å². The van der Waals surface area contributed by atoms with Gasteiger partial charge < -0.3 is 9.47 Å². The third kappa shape index (κ3) is 2.70. The lowest BCUT2D eigenvalue weighted by Gasteiger charge is -2.14. The molecule has 134 valence electrons. The van der Waals surface area contributed by atoms with Gasteiger partial charge in [0.05, 0.1) is 10.6 Å². The summed E-state index contributed by atoms with van der Waals surface area (Å²) in [5.41, 5.74) is 2.25. The van der Waals surface area contributed by atoms with Gasteiger partial charge in [-0.1, -0.05) is 23.9 Å². The molecule has 0 unspecified atom stereocenters. The van der Waals surface area contributed by atoms with Crippen LogP contribution in [0.15, 0.2) is 52.7 Å². The molecular formula is C17H11N5O4S. The van der Waals surface area contributed by atoms with Gasteiger partial charge in [0, 0.05) is 29.0 Å². The first-order valence-electron chi connectivity index (χ1n) is 8.00. The van der Waals surface area contributed by atoms with Crippen molar-refractivity contribution in [3.8, 4) is 22.9 Å². The summed E-state index contributed by atoms with van der Waals surface area (Å²) in [6, 6.07) is 12.0. The molecule has 27 heavy (non-hydrogen) atoms. The molecule has 2 aliphatic heterocycles. The largest absolute Gasteiger partial charge is 0.454 e. The van der Waals surface area contributed by atoms with E-state index in [1.165, 1.54) is 23.9 Å². The fourth-order valence-corrected chi connectivity index (χ4v) is 3.72. The molecule has 0 aliphatic carbocycles. The van der Waals surface area contributed by atoms with Crippen LogP contribution in [0.2, 0.25) is 0 Å². The molecule has 0 saturated carbocycles. The van der Waals surface area contributed by atoms with Gasteiger partial charge in [-0.2, -0.15) is 9.78 Å². The van der Waals surface area contributed by atoms with Crippen molar-refractivity contribution >= 4 is 23.2 Å². The molecular weight excluding hydrogens is 370 g/mol. The summed E-state index contributed by atoms with van der Waals surface area (Å²) in [5.74, 6) is 2.46. The molecule has 0 fully saturated rings. The van der Waals surface area contributed by atoms with E-state index in [0.29, 0.717) is 33.8 Å². The van der Waals surface area contributed by atoms with Crippen LogP contribution in [0.5, 0.6) is 11.5 Å². The summed E-state index contributed by atoms with van der Waals surface area (Å²) in [7, 11) is 0. The van der Waals surface area contributed by atoms with Gasteiger partial charge in [0.15, 0.2) is 17.3 Å². The first kappa shape index (κ1) is 15.8. The number of nitrogens with zero attached hydrogens (tertiary/aromatic N) is 5. The highest BCUT2D eigenvalue weighted by Gasteiger charge is 2.23. The van der Waals surface area contributed by atoms with E-state index in [9.17, 15) is 10.1 Å². The third-order valence-corrected chi connectivity index (χ3v) is 5.12. The first-order chi connectivity index (χ1) is 13.2. The number of benzene rings is 2. The van der Waals surface area contributed by atoms with Crippen LogP contribution in [0.4, 0.5) is 5.69 Å². The van der Waals surface area contributed by atoms with Gasteiger partial charge in [-0.3, -0.25) is 10.1 Å². The van der Waals surface area contributed by atoms with Gasteiger partial charge in [0.2, 0.25) is 11.9 Å². The summed E-state index contributed by atoms with van der Waals surface area (Å²) in [5, 5.41) is 24.8. The van der Waals surface area contributed by atoms with Crippen LogP contribution < -0.4 is 9.47 Å². The second kappa shape index (κ2) is 6.09. The molecule has 0 bridgehead atoms. The smallest absolute Gasteiger partial charge is 0.270 e. The molecule has 10 heteroatoms. The topological polar surface area (TPSA) is 105 Å². The van der Waals surface area contributed by atoms with Gasteiger partial charge in [0.1, 0.15) is 0 Å². The van der Waals surface area contributed by atoms with Gasteiger partial charge in [-0.05, 0) is 18.2 Å². The molecule has 1 aromatic heterocycles. The van der Waals surface area contributed by atoms with Crippen molar-refractivity contribution in [2.45, 2.75) is 5.16 Å². The van der Waals surface area contributed by atoms with E-state index in [2.05, 4.69) is 15.3 Å². The van der Waals surface area contributed by atoms with Crippen LogP contribution in [-0.2, 0) is 0 Å².